The minimum atomic E-state index is -0.227. The van der Waals surface area contributed by atoms with E-state index in [1.807, 2.05) is 13.8 Å². The maximum absolute atomic E-state index is 9.10. The third-order valence-electron chi connectivity index (χ3n) is 2.49. The van der Waals surface area contributed by atoms with Gasteiger partial charge in [-0.2, -0.15) is 5.26 Å². The summed E-state index contributed by atoms with van der Waals surface area (Å²) in [5, 5.41) is 12.4. The van der Waals surface area contributed by atoms with Crippen molar-refractivity contribution >= 4 is 0 Å². The second-order valence-corrected chi connectivity index (χ2v) is 4.00. The average molecular weight is 182 g/mol. The van der Waals surface area contributed by atoms with Gasteiger partial charge in [0, 0.05) is 0 Å². The van der Waals surface area contributed by atoms with Crippen LogP contribution in [0.2, 0.25) is 0 Å². The fourth-order valence-corrected chi connectivity index (χ4v) is 1.52. The predicted octanol–water partition coefficient (Wildman–Crippen LogP) is 1.30. The highest BCUT2D eigenvalue weighted by Gasteiger charge is 2.32. The first-order valence-electron chi connectivity index (χ1n) is 4.92. The van der Waals surface area contributed by atoms with E-state index < -0.39 is 0 Å². The molecule has 1 saturated heterocycles. The number of rotatable bonds is 3. The second-order valence-electron chi connectivity index (χ2n) is 4.00. The molecule has 0 aromatic rings. The van der Waals surface area contributed by atoms with E-state index in [-0.39, 0.29) is 11.5 Å². The summed E-state index contributed by atoms with van der Waals surface area (Å²) in [5.41, 5.74) is -0.227. The molecule has 0 spiro atoms. The molecule has 74 valence electrons. The van der Waals surface area contributed by atoms with Gasteiger partial charge in [0.05, 0.1) is 24.2 Å². The topological polar surface area (TPSA) is 45.0 Å². The van der Waals surface area contributed by atoms with E-state index in [2.05, 4.69) is 11.4 Å². The molecular weight excluding hydrogens is 164 g/mol. The zero-order valence-electron chi connectivity index (χ0n) is 8.47. The predicted molar refractivity (Wildman–Crippen MR) is 51.2 cm³/mol. The van der Waals surface area contributed by atoms with E-state index in [0.29, 0.717) is 6.61 Å². The van der Waals surface area contributed by atoms with E-state index in [9.17, 15) is 0 Å². The summed E-state index contributed by atoms with van der Waals surface area (Å²) in [4.78, 5) is 0. The van der Waals surface area contributed by atoms with Crippen molar-refractivity contribution in [1.29, 1.82) is 5.26 Å². The molecule has 1 heterocycles. The number of nitriles is 1. The van der Waals surface area contributed by atoms with Gasteiger partial charge in [0.15, 0.2) is 0 Å². The van der Waals surface area contributed by atoms with Crippen LogP contribution in [-0.2, 0) is 4.74 Å². The molecule has 0 amide bonds. The van der Waals surface area contributed by atoms with Gasteiger partial charge in [-0.1, -0.05) is 0 Å². The summed E-state index contributed by atoms with van der Waals surface area (Å²) >= 11 is 0. The first-order valence-corrected chi connectivity index (χ1v) is 4.92. The van der Waals surface area contributed by atoms with Gasteiger partial charge in [-0.15, -0.1) is 0 Å². The Labute approximate surface area is 80.1 Å². The largest absolute Gasteiger partial charge is 0.377 e. The van der Waals surface area contributed by atoms with Crippen molar-refractivity contribution < 1.29 is 4.74 Å². The monoisotopic (exact) mass is 182 g/mol. The van der Waals surface area contributed by atoms with Crippen molar-refractivity contribution in [2.24, 2.45) is 5.41 Å². The number of nitrogens with zero attached hydrogens (tertiary/aromatic N) is 1. The first-order chi connectivity index (χ1) is 6.18. The van der Waals surface area contributed by atoms with Crippen LogP contribution in [0, 0.1) is 16.7 Å². The lowest BCUT2D eigenvalue weighted by atomic mass is 9.81. The SMILES string of the molecule is CC(C)OCC1(C#N)CCNCC1. The Morgan fingerprint density at radius 2 is 2.08 bits per heavy atom. The molecule has 1 fully saturated rings. The molecule has 0 unspecified atom stereocenters. The summed E-state index contributed by atoms with van der Waals surface area (Å²) in [6.07, 6.45) is 2.05. The van der Waals surface area contributed by atoms with E-state index >= 15 is 0 Å². The Bertz CT molecular complexity index is 190. The first kappa shape index (κ1) is 10.5. The van der Waals surface area contributed by atoms with Gasteiger partial charge in [0.1, 0.15) is 0 Å². The number of piperidine rings is 1. The molecule has 1 rings (SSSR count). The minimum Gasteiger partial charge on any atom is -0.377 e. The third kappa shape index (κ3) is 2.98. The molecule has 0 aromatic heterocycles. The summed E-state index contributed by atoms with van der Waals surface area (Å²) in [6, 6.07) is 2.41. The number of nitrogens with one attached hydrogen (secondary N) is 1. The highest BCUT2D eigenvalue weighted by Crippen LogP contribution is 2.28. The normalized spacial score (nSPS) is 21.4. The molecule has 0 aromatic carbocycles. The van der Waals surface area contributed by atoms with Gasteiger partial charge in [-0.25, -0.2) is 0 Å². The Kier molecular flexibility index (Phi) is 3.71. The van der Waals surface area contributed by atoms with Crippen molar-refractivity contribution in [2.45, 2.75) is 32.8 Å². The smallest absolute Gasteiger partial charge is 0.0831 e. The lowest BCUT2D eigenvalue weighted by Crippen LogP contribution is -2.39. The second kappa shape index (κ2) is 4.59. The van der Waals surface area contributed by atoms with Crippen molar-refractivity contribution in [3.8, 4) is 6.07 Å². The molecule has 1 N–H and O–H groups in total. The van der Waals surface area contributed by atoms with Gasteiger partial charge in [0.25, 0.3) is 0 Å². The van der Waals surface area contributed by atoms with Crippen LogP contribution in [0.3, 0.4) is 0 Å². The highest BCUT2D eigenvalue weighted by atomic mass is 16.5. The lowest BCUT2D eigenvalue weighted by molar-refractivity contribution is 0.0176. The summed E-state index contributed by atoms with van der Waals surface area (Å²) in [6.45, 7) is 6.48. The fraction of sp³-hybridized carbons (Fsp3) is 0.900. The number of ether oxygens (including phenoxy) is 1. The average Bonchev–Trinajstić information content (AvgIpc) is 2.16. The van der Waals surface area contributed by atoms with E-state index in [0.717, 1.165) is 25.9 Å². The number of hydrogen-bond acceptors (Lipinski definition) is 3. The van der Waals surface area contributed by atoms with Crippen molar-refractivity contribution in [2.75, 3.05) is 19.7 Å². The molecular formula is C10H18N2O. The quantitative estimate of drug-likeness (QED) is 0.715. The van der Waals surface area contributed by atoms with Gasteiger partial charge >= 0.3 is 0 Å². The van der Waals surface area contributed by atoms with Crippen LogP contribution in [-0.4, -0.2) is 25.8 Å². The molecule has 0 aliphatic carbocycles. The Morgan fingerprint density at radius 3 is 2.54 bits per heavy atom. The Balaban J connectivity index is 2.44. The Morgan fingerprint density at radius 1 is 1.46 bits per heavy atom. The molecule has 3 nitrogen and oxygen atoms in total. The van der Waals surface area contributed by atoms with Gasteiger partial charge in [0.2, 0.25) is 0 Å². The maximum Gasteiger partial charge on any atom is 0.0831 e. The molecule has 0 bridgehead atoms. The van der Waals surface area contributed by atoms with Crippen LogP contribution in [0.4, 0.5) is 0 Å². The van der Waals surface area contributed by atoms with Crippen molar-refractivity contribution in [1.82, 2.24) is 5.32 Å². The molecule has 13 heavy (non-hydrogen) atoms. The summed E-state index contributed by atoms with van der Waals surface area (Å²) < 4.78 is 5.53. The molecule has 0 atom stereocenters. The van der Waals surface area contributed by atoms with Crippen LogP contribution in [0.15, 0.2) is 0 Å². The molecule has 0 saturated carbocycles. The zero-order chi connectivity index (χ0) is 9.73. The molecule has 1 aliphatic heterocycles. The zero-order valence-corrected chi connectivity index (χ0v) is 8.47. The van der Waals surface area contributed by atoms with Crippen LogP contribution < -0.4 is 5.32 Å². The number of hydrogen-bond donors (Lipinski definition) is 1. The molecule has 3 heteroatoms. The highest BCUT2D eigenvalue weighted by molar-refractivity contribution is 5.01. The minimum absolute atomic E-state index is 0.222. The standard InChI is InChI=1S/C10H18N2O/c1-9(2)13-8-10(7-11)3-5-12-6-4-10/h9,12H,3-6,8H2,1-2H3. The van der Waals surface area contributed by atoms with E-state index in [1.165, 1.54) is 0 Å². The van der Waals surface area contributed by atoms with Crippen molar-refractivity contribution in [3.63, 3.8) is 0 Å². The van der Waals surface area contributed by atoms with Crippen LogP contribution in [0.25, 0.3) is 0 Å². The van der Waals surface area contributed by atoms with E-state index in [4.69, 9.17) is 10.00 Å². The van der Waals surface area contributed by atoms with E-state index in [1.54, 1.807) is 0 Å². The fourth-order valence-electron chi connectivity index (χ4n) is 1.52. The van der Waals surface area contributed by atoms with Gasteiger partial charge < -0.3 is 10.1 Å². The Hall–Kier alpha value is -0.590. The maximum atomic E-state index is 9.10. The molecule has 1 aliphatic rings. The van der Waals surface area contributed by atoms with Gasteiger partial charge in [-0.3, -0.25) is 0 Å². The van der Waals surface area contributed by atoms with Crippen LogP contribution in [0.1, 0.15) is 26.7 Å². The summed E-state index contributed by atoms with van der Waals surface area (Å²) in [5.74, 6) is 0. The molecule has 0 radical (unpaired) electrons. The third-order valence-corrected chi connectivity index (χ3v) is 2.49. The van der Waals surface area contributed by atoms with Crippen LogP contribution >= 0.6 is 0 Å². The van der Waals surface area contributed by atoms with Crippen molar-refractivity contribution in [3.05, 3.63) is 0 Å². The lowest BCUT2D eigenvalue weighted by Gasteiger charge is -2.31. The van der Waals surface area contributed by atoms with Gasteiger partial charge in [-0.05, 0) is 39.8 Å². The summed E-state index contributed by atoms with van der Waals surface area (Å²) in [7, 11) is 0. The van der Waals surface area contributed by atoms with Crippen LogP contribution in [0.5, 0.6) is 0 Å².